The molecular weight excluding hydrogens is 164 g/mol. The number of nitrogens with one attached hydrogen (secondary N) is 1. The summed E-state index contributed by atoms with van der Waals surface area (Å²) in [7, 11) is 0. The molecule has 0 fully saturated rings. The van der Waals surface area contributed by atoms with Gasteiger partial charge in [0.15, 0.2) is 0 Å². The molecule has 0 unspecified atom stereocenters. The second-order valence-corrected chi connectivity index (χ2v) is 2.62. The lowest BCUT2D eigenvalue weighted by Crippen LogP contribution is -2.24. The van der Waals surface area contributed by atoms with E-state index in [2.05, 4.69) is 12.2 Å². The van der Waals surface area contributed by atoms with E-state index in [1.54, 1.807) is 6.07 Å². The zero-order valence-corrected chi connectivity index (χ0v) is 7.42. The van der Waals surface area contributed by atoms with Gasteiger partial charge in [0.2, 0.25) is 0 Å². The van der Waals surface area contributed by atoms with Crippen molar-refractivity contribution in [1.29, 1.82) is 0 Å². The molecule has 0 heterocycles. The summed E-state index contributed by atoms with van der Waals surface area (Å²) >= 11 is 0. The standard InChI is InChI=1S/C10H13N2O/c1-2-12-10(13)9-6-4-3-5-8(9)7-11/h3-6H,1-2,7,11H2,(H,12,13). The smallest absolute Gasteiger partial charge is 0.251 e. The first-order chi connectivity index (χ1) is 6.29. The third-order valence-corrected chi connectivity index (χ3v) is 1.77. The van der Waals surface area contributed by atoms with E-state index in [1.165, 1.54) is 0 Å². The van der Waals surface area contributed by atoms with Crippen LogP contribution >= 0.6 is 0 Å². The lowest BCUT2D eigenvalue weighted by molar-refractivity contribution is 0.0957. The van der Waals surface area contributed by atoms with Crippen LogP contribution in [0.1, 0.15) is 15.9 Å². The summed E-state index contributed by atoms with van der Waals surface area (Å²) in [6.45, 7) is 4.31. The fraction of sp³-hybridized carbons (Fsp3) is 0.200. The van der Waals surface area contributed by atoms with Crippen molar-refractivity contribution >= 4 is 5.91 Å². The molecule has 3 N–H and O–H groups in total. The van der Waals surface area contributed by atoms with Gasteiger partial charge in [-0.3, -0.25) is 4.79 Å². The van der Waals surface area contributed by atoms with Crippen LogP contribution in [0.25, 0.3) is 0 Å². The van der Waals surface area contributed by atoms with Crippen LogP contribution in [0.15, 0.2) is 24.3 Å². The van der Waals surface area contributed by atoms with Gasteiger partial charge in [-0.25, -0.2) is 0 Å². The minimum atomic E-state index is -0.115. The van der Waals surface area contributed by atoms with E-state index in [0.717, 1.165) is 5.56 Å². The number of rotatable bonds is 3. The highest BCUT2D eigenvalue weighted by molar-refractivity contribution is 5.95. The van der Waals surface area contributed by atoms with Crippen molar-refractivity contribution in [3.63, 3.8) is 0 Å². The van der Waals surface area contributed by atoms with E-state index < -0.39 is 0 Å². The van der Waals surface area contributed by atoms with E-state index in [-0.39, 0.29) is 5.91 Å². The fourth-order valence-corrected chi connectivity index (χ4v) is 1.13. The van der Waals surface area contributed by atoms with Crippen LogP contribution < -0.4 is 11.1 Å². The van der Waals surface area contributed by atoms with Crippen molar-refractivity contribution in [2.75, 3.05) is 6.54 Å². The van der Waals surface area contributed by atoms with Crippen LogP contribution in [0, 0.1) is 6.92 Å². The van der Waals surface area contributed by atoms with Gasteiger partial charge in [-0.05, 0) is 18.6 Å². The molecule has 3 nitrogen and oxygen atoms in total. The largest absolute Gasteiger partial charge is 0.352 e. The molecule has 69 valence electrons. The Morgan fingerprint density at radius 2 is 2.15 bits per heavy atom. The lowest BCUT2D eigenvalue weighted by atomic mass is 10.1. The van der Waals surface area contributed by atoms with Gasteiger partial charge in [-0.15, -0.1) is 0 Å². The number of hydrogen-bond acceptors (Lipinski definition) is 2. The molecule has 1 aromatic rings. The van der Waals surface area contributed by atoms with Crippen molar-refractivity contribution in [2.24, 2.45) is 5.73 Å². The maximum atomic E-state index is 11.4. The molecule has 0 aromatic heterocycles. The van der Waals surface area contributed by atoms with Crippen molar-refractivity contribution in [3.05, 3.63) is 42.3 Å². The molecule has 0 spiro atoms. The van der Waals surface area contributed by atoms with Gasteiger partial charge >= 0.3 is 0 Å². The predicted octanol–water partition coefficient (Wildman–Crippen LogP) is 0.709. The zero-order chi connectivity index (χ0) is 9.68. The second-order valence-electron chi connectivity index (χ2n) is 2.62. The van der Waals surface area contributed by atoms with Crippen molar-refractivity contribution < 1.29 is 4.79 Å². The van der Waals surface area contributed by atoms with E-state index in [4.69, 9.17) is 5.73 Å². The Morgan fingerprint density at radius 3 is 2.77 bits per heavy atom. The molecule has 1 radical (unpaired) electrons. The molecule has 1 rings (SSSR count). The normalized spacial score (nSPS) is 9.69. The maximum Gasteiger partial charge on any atom is 0.251 e. The molecule has 0 aliphatic carbocycles. The number of nitrogens with two attached hydrogens (primary N) is 1. The quantitative estimate of drug-likeness (QED) is 0.714. The van der Waals surface area contributed by atoms with Crippen LogP contribution in [-0.4, -0.2) is 12.5 Å². The molecule has 1 aromatic carbocycles. The summed E-state index contributed by atoms with van der Waals surface area (Å²) in [4.78, 5) is 11.4. The summed E-state index contributed by atoms with van der Waals surface area (Å²) in [5.41, 5.74) is 6.98. The van der Waals surface area contributed by atoms with Crippen LogP contribution in [0.2, 0.25) is 0 Å². The Morgan fingerprint density at radius 1 is 1.46 bits per heavy atom. The molecule has 0 aliphatic rings. The summed E-state index contributed by atoms with van der Waals surface area (Å²) in [6.07, 6.45) is 0. The Hall–Kier alpha value is -1.35. The molecule has 3 heteroatoms. The Bertz CT molecular complexity index is 297. The molecule has 0 atom stereocenters. The number of carbonyl (C=O) groups is 1. The van der Waals surface area contributed by atoms with Crippen molar-refractivity contribution in [3.8, 4) is 0 Å². The summed E-state index contributed by atoms with van der Waals surface area (Å²) in [6, 6.07) is 7.28. The highest BCUT2D eigenvalue weighted by Crippen LogP contribution is 2.07. The van der Waals surface area contributed by atoms with Crippen LogP contribution in [0.4, 0.5) is 0 Å². The molecule has 0 bridgehead atoms. The Labute approximate surface area is 77.9 Å². The molecule has 0 saturated heterocycles. The minimum Gasteiger partial charge on any atom is -0.352 e. The topological polar surface area (TPSA) is 55.1 Å². The van der Waals surface area contributed by atoms with Gasteiger partial charge in [0.05, 0.1) is 0 Å². The highest BCUT2D eigenvalue weighted by atomic mass is 16.1. The maximum absolute atomic E-state index is 11.4. The second kappa shape index (κ2) is 4.62. The molecular formula is C10H13N2O. The molecule has 0 aliphatic heterocycles. The van der Waals surface area contributed by atoms with E-state index >= 15 is 0 Å². The number of benzene rings is 1. The first kappa shape index (κ1) is 9.74. The van der Waals surface area contributed by atoms with E-state index in [0.29, 0.717) is 18.7 Å². The fourth-order valence-electron chi connectivity index (χ4n) is 1.13. The first-order valence-electron chi connectivity index (χ1n) is 4.15. The Balaban J connectivity index is 2.92. The van der Waals surface area contributed by atoms with Crippen LogP contribution in [-0.2, 0) is 6.54 Å². The average molecular weight is 177 g/mol. The monoisotopic (exact) mass is 177 g/mol. The summed E-state index contributed by atoms with van der Waals surface area (Å²) in [5.74, 6) is -0.115. The van der Waals surface area contributed by atoms with Crippen molar-refractivity contribution in [2.45, 2.75) is 6.54 Å². The van der Waals surface area contributed by atoms with Gasteiger partial charge in [-0.2, -0.15) is 0 Å². The average Bonchev–Trinajstić information content (AvgIpc) is 2.18. The molecule has 1 amide bonds. The molecule has 0 saturated carbocycles. The molecule has 13 heavy (non-hydrogen) atoms. The van der Waals surface area contributed by atoms with Gasteiger partial charge in [0.25, 0.3) is 5.91 Å². The highest BCUT2D eigenvalue weighted by Gasteiger charge is 2.07. The SMILES string of the molecule is [CH2]CNC(=O)c1ccccc1CN. The predicted molar refractivity (Wildman–Crippen MR) is 52.0 cm³/mol. The van der Waals surface area contributed by atoms with Gasteiger partial charge in [-0.1, -0.05) is 18.2 Å². The van der Waals surface area contributed by atoms with Crippen LogP contribution in [0.5, 0.6) is 0 Å². The zero-order valence-electron chi connectivity index (χ0n) is 7.42. The number of carbonyl (C=O) groups excluding carboxylic acids is 1. The first-order valence-corrected chi connectivity index (χ1v) is 4.15. The lowest BCUT2D eigenvalue weighted by Gasteiger charge is -2.06. The third-order valence-electron chi connectivity index (χ3n) is 1.77. The van der Waals surface area contributed by atoms with Gasteiger partial charge in [0, 0.05) is 18.7 Å². The van der Waals surface area contributed by atoms with Crippen molar-refractivity contribution in [1.82, 2.24) is 5.32 Å². The van der Waals surface area contributed by atoms with Gasteiger partial charge in [0.1, 0.15) is 0 Å². The number of amides is 1. The minimum absolute atomic E-state index is 0.115. The third kappa shape index (κ3) is 2.29. The summed E-state index contributed by atoms with van der Waals surface area (Å²) < 4.78 is 0. The van der Waals surface area contributed by atoms with Crippen LogP contribution in [0.3, 0.4) is 0 Å². The Kier molecular flexibility index (Phi) is 3.46. The van der Waals surface area contributed by atoms with Gasteiger partial charge < -0.3 is 11.1 Å². The summed E-state index contributed by atoms with van der Waals surface area (Å²) in [5, 5.41) is 2.63. The van der Waals surface area contributed by atoms with E-state index in [1.807, 2.05) is 18.2 Å². The number of hydrogen-bond donors (Lipinski definition) is 2. The van der Waals surface area contributed by atoms with E-state index in [9.17, 15) is 4.79 Å².